The number of halogens is 1. The highest BCUT2D eigenvalue weighted by molar-refractivity contribution is 6.07. The summed E-state index contributed by atoms with van der Waals surface area (Å²) in [7, 11) is 0. The van der Waals surface area contributed by atoms with Gasteiger partial charge >= 0.3 is 0 Å². The molecule has 0 unspecified atom stereocenters. The quantitative estimate of drug-likeness (QED) is 0.471. The summed E-state index contributed by atoms with van der Waals surface area (Å²) in [5.74, 6) is -0.734. The van der Waals surface area contributed by atoms with Crippen LogP contribution in [0.1, 0.15) is 22.3 Å². The topological polar surface area (TPSA) is 64.9 Å². The summed E-state index contributed by atoms with van der Waals surface area (Å²) >= 11 is 0. The monoisotopic (exact) mass is 351 g/mol. The van der Waals surface area contributed by atoms with Crippen LogP contribution in [0.3, 0.4) is 0 Å². The number of nitrogens with one attached hydrogen (secondary N) is 2. The van der Waals surface area contributed by atoms with Crippen molar-refractivity contribution in [3.63, 3.8) is 0 Å². The molecule has 2 aromatic carbocycles. The molecule has 134 valence electrons. The van der Waals surface area contributed by atoms with E-state index in [2.05, 4.69) is 10.6 Å². The van der Waals surface area contributed by atoms with Gasteiger partial charge in [0.05, 0.1) is 0 Å². The van der Waals surface area contributed by atoms with E-state index >= 15 is 0 Å². The molecule has 26 heavy (non-hydrogen) atoms. The van der Waals surface area contributed by atoms with Crippen molar-refractivity contribution in [1.29, 1.82) is 5.26 Å². The van der Waals surface area contributed by atoms with Crippen molar-refractivity contribution in [2.75, 3.05) is 11.9 Å². The van der Waals surface area contributed by atoms with Crippen molar-refractivity contribution in [2.45, 2.75) is 27.2 Å². The maximum Gasteiger partial charge on any atom is 0.267 e. The number of benzene rings is 2. The summed E-state index contributed by atoms with van der Waals surface area (Å²) in [4.78, 5) is 12.3. The maximum absolute atomic E-state index is 13.6. The van der Waals surface area contributed by atoms with E-state index in [4.69, 9.17) is 0 Å². The molecule has 0 saturated heterocycles. The Hall–Kier alpha value is -3.13. The van der Waals surface area contributed by atoms with E-state index in [1.807, 2.05) is 39.0 Å². The molecule has 0 aliphatic heterocycles. The number of amides is 1. The highest BCUT2D eigenvalue weighted by Crippen LogP contribution is 2.22. The van der Waals surface area contributed by atoms with Gasteiger partial charge in [-0.05, 0) is 49.9 Å². The van der Waals surface area contributed by atoms with Crippen LogP contribution in [-0.2, 0) is 11.2 Å². The van der Waals surface area contributed by atoms with Crippen LogP contribution >= 0.6 is 0 Å². The second kappa shape index (κ2) is 8.82. The number of aryl methyl sites for hydroxylation is 3. The Morgan fingerprint density at radius 1 is 1.19 bits per heavy atom. The van der Waals surface area contributed by atoms with E-state index in [9.17, 15) is 14.4 Å². The van der Waals surface area contributed by atoms with Gasteiger partial charge in [0.2, 0.25) is 0 Å². The maximum atomic E-state index is 13.6. The average Bonchev–Trinajstić information content (AvgIpc) is 2.59. The highest BCUT2D eigenvalue weighted by atomic mass is 19.1. The largest absolute Gasteiger partial charge is 0.389 e. The number of carbonyl (C=O) groups is 1. The average molecular weight is 351 g/mol. The van der Waals surface area contributed by atoms with Gasteiger partial charge in [0.25, 0.3) is 5.91 Å². The molecule has 0 saturated carbocycles. The van der Waals surface area contributed by atoms with E-state index in [0.717, 1.165) is 16.7 Å². The van der Waals surface area contributed by atoms with Crippen LogP contribution in [0.5, 0.6) is 0 Å². The van der Waals surface area contributed by atoms with Crippen LogP contribution in [0.15, 0.2) is 48.2 Å². The van der Waals surface area contributed by atoms with Crippen LogP contribution in [0.4, 0.5) is 10.1 Å². The standard InChI is InChI=1S/C21H22FN3O/c1-14-10-15(2)20(16(3)11-14)25-21(26)18(12-23)13-24-9-8-17-6-4-5-7-19(17)22/h4-7,10-11,13,24H,8-9H2,1-3H3,(H,25,26)/b18-13-. The number of nitrogens with zero attached hydrogens (tertiary/aromatic N) is 1. The number of hydrogen-bond acceptors (Lipinski definition) is 3. The van der Waals surface area contributed by atoms with E-state index in [1.165, 1.54) is 12.3 Å². The van der Waals surface area contributed by atoms with E-state index < -0.39 is 5.91 Å². The molecule has 0 atom stereocenters. The minimum Gasteiger partial charge on any atom is -0.389 e. The van der Waals surface area contributed by atoms with Crippen LogP contribution < -0.4 is 10.6 Å². The second-order valence-electron chi connectivity index (χ2n) is 6.19. The number of carbonyl (C=O) groups excluding carboxylic acids is 1. The Bertz CT molecular complexity index is 858. The zero-order valence-corrected chi connectivity index (χ0v) is 15.2. The van der Waals surface area contributed by atoms with E-state index in [1.54, 1.807) is 18.2 Å². The van der Waals surface area contributed by atoms with Crippen LogP contribution in [0.25, 0.3) is 0 Å². The molecule has 0 aromatic heterocycles. The first-order valence-electron chi connectivity index (χ1n) is 8.38. The fourth-order valence-corrected chi connectivity index (χ4v) is 2.79. The summed E-state index contributed by atoms with van der Waals surface area (Å²) in [5.41, 5.74) is 4.28. The molecule has 0 spiro atoms. The molecule has 2 aromatic rings. The molecule has 0 aliphatic carbocycles. The summed E-state index contributed by atoms with van der Waals surface area (Å²) in [6.07, 6.45) is 1.83. The first kappa shape index (κ1) is 19.2. The minimum absolute atomic E-state index is 0.0297. The Labute approximate surface area is 153 Å². The van der Waals surface area contributed by atoms with Crippen molar-refractivity contribution in [1.82, 2.24) is 5.32 Å². The Morgan fingerprint density at radius 2 is 1.85 bits per heavy atom. The lowest BCUT2D eigenvalue weighted by Crippen LogP contribution is -2.19. The minimum atomic E-state index is -0.471. The zero-order chi connectivity index (χ0) is 19.1. The molecule has 5 heteroatoms. The molecule has 0 heterocycles. The Morgan fingerprint density at radius 3 is 2.46 bits per heavy atom. The fraction of sp³-hybridized carbons (Fsp3) is 0.238. The third-order valence-electron chi connectivity index (χ3n) is 4.02. The second-order valence-corrected chi connectivity index (χ2v) is 6.19. The smallest absolute Gasteiger partial charge is 0.267 e. The van der Waals surface area contributed by atoms with Gasteiger partial charge < -0.3 is 10.6 Å². The predicted octanol–water partition coefficient (Wildman–Crippen LogP) is 3.93. The molecule has 1 amide bonds. The summed E-state index contributed by atoms with van der Waals surface area (Å²) in [6, 6.07) is 12.4. The summed E-state index contributed by atoms with van der Waals surface area (Å²) in [5, 5.41) is 14.9. The zero-order valence-electron chi connectivity index (χ0n) is 15.2. The molecule has 4 nitrogen and oxygen atoms in total. The lowest BCUT2D eigenvalue weighted by atomic mass is 10.0. The SMILES string of the molecule is Cc1cc(C)c(NC(=O)/C(C#N)=C\NCCc2ccccc2F)c(C)c1. The number of rotatable bonds is 6. The van der Waals surface area contributed by atoms with Crippen molar-refractivity contribution in [3.05, 3.63) is 76.2 Å². The van der Waals surface area contributed by atoms with Gasteiger partial charge in [-0.25, -0.2) is 4.39 Å². The third-order valence-corrected chi connectivity index (χ3v) is 4.02. The molecule has 2 rings (SSSR count). The van der Waals surface area contributed by atoms with Gasteiger partial charge in [0.15, 0.2) is 0 Å². The first-order chi connectivity index (χ1) is 12.4. The lowest BCUT2D eigenvalue weighted by molar-refractivity contribution is -0.112. The van der Waals surface area contributed by atoms with E-state index in [0.29, 0.717) is 24.2 Å². The summed E-state index contributed by atoms with van der Waals surface area (Å²) < 4.78 is 13.6. The van der Waals surface area contributed by atoms with Crippen LogP contribution in [0.2, 0.25) is 0 Å². The Kier molecular flexibility index (Phi) is 6.51. The number of hydrogen-bond donors (Lipinski definition) is 2. The van der Waals surface area contributed by atoms with Crippen LogP contribution in [-0.4, -0.2) is 12.5 Å². The Balaban J connectivity index is 1.99. The molecule has 0 radical (unpaired) electrons. The molecule has 0 bridgehead atoms. The van der Waals surface area contributed by atoms with E-state index in [-0.39, 0.29) is 11.4 Å². The van der Waals surface area contributed by atoms with Gasteiger partial charge in [0.1, 0.15) is 17.5 Å². The van der Waals surface area contributed by atoms with Crippen LogP contribution in [0, 0.1) is 37.9 Å². The van der Waals surface area contributed by atoms with Crippen molar-refractivity contribution >= 4 is 11.6 Å². The van der Waals surface area contributed by atoms with Gasteiger partial charge in [-0.1, -0.05) is 35.9 Å². The molecule has 0 aliphatic rings. The van der Waals surface area contributed by atoms with Gasteiger partial charge in [-0.2, -0.15) is 5.26 Å². The van der Waals surface area contributed by atoms with Crippen molar-refractivity contribution in [2.24, 2.45) is 0 Å². The predicted molar refractivity (Wildman–Crippen MR) is 101 cm³/mol. The fourth-order valence-electron chi connectivity index (χ4n) is 2.79. The molecule has 0 fully saturated rings. The van der Waals surface area contributed by atoms with Crippen molar-refractivity contribution < 1.29 is 9.18 Å². The molecule has 2 N–H and O–H groups in total. The van der Waals surface area contributed by atoms with Crippen molar-refractivity contribution in [3.8, 4) is 6.07 Å². The van der Waals surface area contributed by atoms with Gasteiger partial charge in [-0.15, -0.1) is 0 Å². The van der Waals surface area contributed by atoms with Gasteiger partial charge in [0, 0.05) is 18.4 Å². The van der Waals surface area contributed by atoms with Gasteiger partial charge in [-0.3, -0.25) is 4.79 Å². The lowest BCUT2D eigenvalue weighted by Gasteiger charge is -2.12. The third kappa shape index (κ3) is 4.93. The highest BCUT2D eigenvalue weighted by Gasteiger charge is 2.12. The first-order valence-corrected chi connectivity index (χ1v) is 8.38. The number of anilines is 1. The molecular weight excluding hydrogens is 329 g/mol. The molecular formula is C21H22FN3O. The number of nitriles is 1. The normalized spacial score (nSPS) is 11.0. The summed E-state index contributed by atoms with van der Waals surface area (Å²) in [6.45, 7) is 6.24.